The van der Waals surface area contributed by atoms with Crippen molar-refractivity contribution in [2.75, 3.05) is 22.1 Å². The largest absolute Gasteiger partial charge is 0.366 e. The van der Waals surface area contributed by atoms with E-state index in [9.17, 15) is 13.2 Å². The molecule has 144 valence electrons. The summed E-state index contributed by atoms with van der Waals surface area (Å²) in [5.41, 5.74) is 2.39. The Morgan fingerprint density at radius 1 is 1.11 bits per heavy atom. The minimum absolute atomic E-state index is 0.0421. The zero-order valence-electron chi connectivity index (χ0n) is 15.8. The number of hydrogen-bond donors (Lipinski definition) is 2. The van der Waals surface area contributed by atoms with Gasteiger partial charge in [0, 0.05) is 11.6 Å². The highest BCUT2D eigenvalue weighted by molar-refractivity contribution is 7.91. The number of carbonyl (C=O) groups is 1. The maximum atomic E-state index is 12.4. The van der Waals surface area contributed by atoms with E-state index < -0.39 is 9.84 Å². The average molecular weight is 388 g/mol. The summed E-state index contributed by atoms with van der Waals surface area (Å²) in [6.45, 7) is 6.39. The van der Waals surface area contributed by atoms with E-state index in [1.165, 1.54) is 5.56 Å². The SMILES string of the molecule is CC(C)(C)c1ccc(C(=O)Nc2ccc(NC3CCS(=O)(=O)C3)nc2)cc1. The van der Waals surface area contributed by atoms with Crippen molar-refractivity contribution in [1.29, 1.82) is 0 Å². The second-order valence-corrected chi connectivity index (χ2v) is 10.2. The van der Waals surface area contributed by atoms with Gasteiger partial charge in [-0.3, -0.25) is 4.79 Å². The van der Waals surface area contributed by atoms with Crippen LogP contribution in [0, 0.1) is 0 Å². The van der Waals surface area contributed by atoms with Crippen LogP contribution in [0.15, 0.2) is 42.6 Å². The molecule has 1 atom stereocenters. The van der Waals surface area contributed by atoms with Gasteiger partial charge in [0.15, 0.2) is 9.84 Å². The summed E-state index contributed by atoms with van der Waals surface area (Å²) < 4.78 is 23.0. The first-order valence-electron chi connectivity index (χ1n) is 8.97. The lowest BCUT2D eigenvalue weighted by atomic mass is 9.87. The second-order valence-electron chi connectivity index (χ2n) is 7.96. The van der Waals surface area contributed by atoms with Crippen molar-refractivity contribution >= 4 is 27.2 Å². The zero-order valence-corrected chi connectivity index (χ0v) is 16.6. The molecule has 0 bridgehead atoms. The van der Waals surface area contributed by atoms with Gasteiger partial charge in [0.05, 0.1) is 23.4 Å². The number of amides is 1. The number of benzene rings is 1. The van der Waals surface area contributed by atoms with Crippen molar-refractivity contribution in [3.05, 3.63) is 53.7 Å². The number of sulfone groups is 1. The zero-order chi connectivity index (χ0) is 19.7. The quantitative estimate of drug-likeness (QED) is 0.841. The number of nitrogens with zero attached hydrogens (tertiary/aromatic N) is 1. The molecule has 2 aromatic rings. The van der Waals surface area contributed by atoms with Crippen LogP contribution in [0.5, 0.6) is 0 Å². The topological polar surface area (TPSA) is 88.2 Å². The first-order valence-corrected chi connectivity index (χ1v) is 10.8. The minimum atomic E-state index is -2.93. The highest BCUT2D eigenvalue weighted by Crippen LogP contribution is 2.22. The van der Waals surface area contributed by atoms with Gasteiger partial charge in [0.25, 0.3) is 5.91 Å². The van der Waals surface area contributed by atoms with Gasteiger partial charge in [-0.2, -0.15) is 0 Å². The number of carbonyl (C=O) groups excluding carboxylic acids is 1. The maximum Gasteiger partial charge on any atom is 0.255 e. The number of pyridine rings is 1. The molecule has 0 saturated carbocycles. The van der Waals surface area contributed by atoms with Crippen LogP contribution < -0.4 is 10.6 Å². The van der Waals surface area contributed by atoms with Crippen molar-refractivity contribution < 1.29 is 13.2 Å². The Kier molecular flexibility index (Phi) is 5.24. The molecule has 0 spiro atoms. The van der Waals surface area contributed by atoms with E-state index in [0.29, 0.717) is 23.5 Å². The Bertz CT molecular complexity index is 914. The lowest BCUT2D eigenvalue weighted by Gasteiger charge is -2.19. The summed E-state index contributed by atoms with van der Waals surface area (Å²) in [5.74, 6) is 0.759. The number of nitrogens with one attached hydrogen (secondary N) is 2. The molecule has 0 aliphatic carbocycles. The average Bonchev–Trinajstić information content (AvgIpc) is 2.94. The van der Waals surface area contributed by atoms with Gasteiger partial charge in [-0.05, 0) is 41.7 Å². The van der Waals surface area contributed by atoms with Gasteiger partial charge in [0.1, 0.15) is 5.82 Å². The van der Waals surface area contributed by atoms with Crippen LogP contribution in [-0.2, 0) is 15.3 Å². The monoisotopic (exact) mass is 387 g/mol. The molecule has 1 fully saturated rings. The van der Waals surface area contributed by atoms with Gasteiger partial charge in [0.2, 0.25) is 0 Å². The fourth-order valence-electron chi connectivity index (χ4n) is 3.00. The Hall–Kier alpha value is -2.41. The van der Waals surface area contributed by atoms with E-state index in [1.807, 2.05) is 24.3 Å². The third-order valence-corrected chi connectivity index (χ3v) is 6.39. The summed E-state index contributed by atoms with van der Waals surface area (Å²) in [6, 6.07) is 11.0. The molecule has 1 unspecified atom stereocenters. The predicted octanol–water partition coefficient (Wildman–Crippen LogP) is 3.23. The molecular formula is C20H25N3O3S. The molecule has 3 rings (SSSR count). The molecule has 7 heteroatoms. The molecule has 1 aromatic heterocycles. The molecule has 1 aliphatic rings. The van der Waals surface area contributed by atoms with Crippen LogP contribution in [0.25, 0.3) is 0 Å². The molecule has 1 saturated heterocycles. The van der Waals surface area contributed by atoms with E-state index in [4.69, 9.17) is 0 Å². The normalized spacial score (nSPS) is 18.9. The number of anilines is 2. The van der Waals surface area contributed by atoms with Crippen LogP contribution in [0.1, 0.15) is 43.1 Å². The number of rotatable bonds is 4. The summed E-state index contributed by atoms with van der Waals surface area (Å²) in [5, 5.41) is 5.95. The minimum Gasteiger partial charge on any atom is -0.366 e. The lowest BCUT2D eigenvalue weighted by molar-refractivity contribution is 0.102. The first-order chi connectivity index (χ1) is 12.6. The van der Waals surface area contributed by atoms with E-state index >= 15 is 0 Å². The third kappa shape index (κ3) is 5.07. The smallest absolute Gasteiger partial charge is 0.255 e. The van der Waals surface area contributed by atoms with Crippen LogP contribution in [0.2, 0.25) is 0 Å². The van der Waals surface area contributed by atoms with E-state index in [2.05, 4.69) is 36.4 Å². The van der Waals surface area contributed by atoms with E-state index in [1.54, 1.807) is 18.3 Å². The van der Waals surface area contributed by atoms with Crippen molar-refractivity contribution in [2.24, 2.45) is 0 Å². The first kappa shape index (κ1) is 19.4. The Morgan fingerprint density at radius 2 is 1.81 bits per heavy atom. The van der Waals surface area contributed by atoms with Gasteiger partial charge >= 0.3 is 0 Å². The molecule has 1 aliphatic heterocycles. The number of aromatic nitrogens is 1. The molecular weight excluding hydrogens is 362 g/mol. The molecule has 2 heterocycles. The van der Waals surface area contributed by atoms with Crippen LogP contribution >= 0.6 is 0 Å². The highest BCUT2D eigenvalue weighted by atomic mass is 32.2. The van der Waals surface area contributed by atoms with Gasteiger partial charge < -0.3 is 10.6 Å². The van der Waals surface area contributed by atoms with Crippen molar-refractivity contribution in [2.45, 2.75) is 38.6 Å². The molecule has 27 heavy (non-hydrogen) atoms. The summed E-state index contributed by atoms with van der Waals surface area (Å²) in [7, 11) is -2.93. The van der Waals surface area contributed by atoms with Crippen molar-refractivity contribution in [3.63, 3.8) is 0 Å². The van der Waals surface area contributed by atoms with Gasteiger partial charge in [-0.25, -0.2) is 13.4 Å². The molecule has 1 amide bonds. The maximum absolute atomic E-state index is 12.4. The van der Waals surface area contributed by atoms with Gasteiger partial charge in [-0.1, -0.05) is 32.9 Å². The summed E-state index contributed by atoms with van der Waals surface area (Å²) in [4.78, 5) is 16.7. The molecule has 0 radical (unpaired) electrons. The summed E-state index contributed by atoms with van der Waals surface area (Å²) >= 11 is 0. The Labute approximate surface area is 160 Å². The molecule has 6 nitrogen and oxygen atoms in total. The predicted molar refractivity (Wildman–Crippen MR) is 108 cm³/mol. The van der Waals surface area contributed by atoms with Crippen LogP contribution in [-0.4, -0.2) is 36.9 Å². The van der Waals surface area contributed by atoms with Crippen LogP contribution in [0.4, 0.5) is 11.5 Å². The highest BCUT2D eigenvalue weighted by Gasteiger charge is 2.27. The van der Waals surface area contributed by atoms with Crippen molar-refractivity contribution in [1.82, 2.24) is 4.98 Å². The molecule has 2 N–H and O–H groups in total. The van der Waals surface area contributed by atoms with Crippen LogP contribution in [0.3, 0.4) is 0 Å². The number of hydrogen-bond acceptors (Lipinski definition) is 5. The Balaban J connectivity index is 1.60. The standard InChI is InChI=1S/C20H25N3O3S/c1-20(2,3)15-6-4-14(5-7-15)19(24)23-16-8-9-18(21-12-16)22-17-10-11-27(25,26)13-17/h4-9,12,17H,10-11,13H2,1-3H3,(H,21,22)(H,23,24). The Morgan fingerprint density at radius 3 is 2.33 bits per heavy atom. The fraction of sp³-hybridized carbons (Fsp3) is 0.400. The fourth-order valence-corrected chi connectivity index (χ4v) is 4.67. The second kappa shape index (κ2) is 7.31. The van der Waals surface area contributed by atoms with E-state index in [0.717, 1.165) is 0 Å². The van der Waals surface area contributed by atoms with Gasteiger partial charge in [-0.15, -0.1) is 0 Å². The lowest BCUT2D eigenvalue weighted by Crippen LogP contribution is -2.21. The third-order valence-electron chi connectivity index (χ3n) is 4.62. The van der Waals surface area contributed by atoms with E-state index in [-0.39, 0.29) is 28.9 Å². The molecule has 1 aromatic carbocycles. The van der Waals surface area contributed by atoms with Crippen molar-refractivity contribution in [3.8, 4) is 0 Å². The summed E-state index contributed by atoms with van der Waals surface area (Å²) in [6.07, 6.45) is 2.15.